The number of amides is 2. The van der Waals surface area contributed by atoms with Crippen molar-refractivity contribution in [1.82, 2.24) is 9.88 Å². The number of H-pyrrole nitrogens is 1. The van der Waals surface area contributed by atoms with Gasteiger partial charge in [0.2, 0.25) is 11.8 Å². The summed E-state index contributed by atoms with van der Waals surface area (Å²) < 4.78 is 0. The Morgan fingerprint density at radius 3 is 2.63 bits per heavy atom. The number of nitrogens with one attached hydrogen (secondary N) is 2. The number of aromatic amines is 1. The number of fused-ring (bicyclic) bond motifs is 1. The molecule has 2 aromatic carbocycles. The van der Waals surface area contributed by atoms with E-state index in [0.29, 0.717) is 25.8 Å². The van der Waals surface area contributed by atoms with E-state index < -0.39 is 5.54 Å². The first-order valence-corrected chi connectivity index (χ1v) is 10.3. The standard InChI is InChI=1S/C24H28N4O2/c1-24(23(30)26-18-8-10-19(11-9-18)27(2)3)14-12-22(29)28(24)15-13-17-16-25-21-7-5-4-6-20(17)21/h4-11,16,25H,12-15H2,1-3H3,(H,26,30)/t24-/m0/s1. The SMILES string of the molecule is CN(C)c1ccc(NC(=O)[C@]2(C)CCC(=O)N2CCc2c[nH]c3ccccc23)cc1. The zero-order valence-corrected chi connectivity index (χ0v) is 17.7. The van der Waals surface area contributed by atoms with Crippen LogP contribution >= 0.6 is 0 Å². The smallest absolute Gasteiger partial charge is 0.250 e. The maximum atomic E-state index is 13.2. The van der Waals surface area contributed by atoms with Crippen LogP contribution < -0.4 is 10.2 Å². The van der Waals surface area contributed by atoms with Crippen LogP contribution in [0.4, 0.5) is 11.4 Å². The molecule has 2 amide bonds. The van der Waals surface area contributed by atoms with Gasteiger partial charge in [-0.2, -0.15) is 0 Å². The monoisotopic (exact) mass is 404 g/mol. The van der Waals surface area contributed by atoms with E-state index in [4.69, 9.17) is 0 Å². The lowest BCUT2D eigenvalue weighted by atomic mass is 9.97. The molecule has 2 heterocycles. The Morgan fingerprint density at radius 2 is 1.90 bits per heavy atom. The Labute approximate surface area is 176 Å². The fourth-order valence-corrected chi connectivity index (χ4v) is 4.18. The molecule has 3 aromatic rings. The van der Waals surface area contributed by atoms with E-state index in [0.717, 1.165) is 27.8 Å². The lowest BCUT2D eigenvalue weighted by Gasteiger charge is -2.34. The van der Waals surface area contributed by atoms with E-state index in [1.807, 2.05) is 74.6 Å². The first kappa shape index (κ1) is 20.0. The van der Waals surface area contributed by atoms with Crippen molar-refractivity contribution < 1.29 is 9.59 Å². The number of benzene rings is 2. The Morgan fingerprint density at radius 1 is 1.17 bits per heavy atom. The molecule has 0 saturated carbocycles. The van der Waals surface area contributed by atoms with E-state index in [1.165, 1.54) is 0 Å². The van der Waals surface area contributed by atoms with Crippen molar-refractivity contribution in [2.75, 3.05) is 30.9 Å². The normalized spacial score (nSPS) is 18.8. The summed E-state index contributed by atoms with van der Waals surface area (Å²) in [5.41, 5.74) is 3.20. The molecular formula is C24H28N4O2. The summed E-state index contributed by atoms with van der Waals surface area (Å²) in [6.07, 6.45) is 3.63. The second kappa shape index (κ2) is 7.86. The van der Waals surface area contributed by atoms with Crippen molar-refractivity contribution in [3.63, 3.8) is 0 Å². The number of rotatable bonds is 6. The number of likely N-dealkylation sites (tertiary alicyclic amines) is 1. The Balaban J connectivity index is 1.48. The van der Waals surface area contributed by atoms with Gasteiger partial charge in [0, 0.05) is 55.5 Å². The third-order valence-electron chi connectivity index (χ3n) is 6.13. The summed E-state index contributed by atoms with van der Waals surface area (Å²) in [6, 6.07) is 15.8. The molecule has 2 N–H and O–H groups in total. The van der Waals surface area contributed by atoms with Crippen LogP contribution in [-0.4, -0.2) is 47.9 Å². The van der Waals surface area contributed by atoms with Gasteiger partial charge in [-0.25, -0.2) is 0 Å². The number of carbonyl (C=O) groups is 2. The van der Waals surface area contributed by atoms with Gasteiger partial charge in [-0.1, -0.05) is 18.2 Å². The highest BCUT2D eigenvalue weighted by Crippen LogP contribution is 2.32. The lowest BCUT2D eigenvalue weighted by Crippen LogP contribution is -2.52. The predicted molar refractivity (Wildman–Crippen MR) is 121 cm³/mol. The molecule has 1 aromatic heterocycles. The van der Waals surface area contributed by atoms with Crippen molar-refractivity contribution in [2.45, 2.75) is 31.7 Å². The molecule has 1 atom stereocenters. The predicted octanol–water partition coefficient (Wildman–Crippen LogP) is 3.80. The van der Waals surface area contributed by atoms with Gasteiger partial charge in [-0.05, 0) is 55.7 Å². The van der Waals surface area contributed by atoms with Crippen LogP contribution in [0.2, 0.25) is 0 Å². The molecule has 6 nitrogen and oxygen atoms in total. The number of para-hydroxylation sites is 1. The van der Waals surface area contributed by atoms with Gasteiger partial charge < -0.3 is 20.1 Å². The first-order valence-electron chi connectivity index (χ1n) is 10.3. The minimum absolute atomic E-state index is 0.0375. The third kappa shape index (κ3) is 3.65. The van der Waals surface area contributed by atoms with Crippen LogP contribution in [0.5, 0.6) is 0 Å². The summed E-state index contributed by atoms with van der Waals surface area (Å²) in [4.78, 5) is 32.8. The zero-order valence-electron chi connectivity index (χ0n) is 17.7. The molecule has 30 heavy (non-hydrogen) atoms. The topological polar surface area (TPSA) is 68.4 Å². The molecular weight excluding hydrogens is 376 g/mol. The van der Waals surface area contributed by atoms with Crippen molar-refractivity contribution in [3.8, 4) is 0 Å². The highest BCUT2D eigenvalue weighted by molar-refractivity contribution is 6.02. The van der Waals surface area contributed by atoms with E-state index in [9.17, 15) is 9.59 Å². The molecule has 1 saturated heterocycles. The van der Waals surface area contributed by atoms with Crippen molar-refractivity contribution >= 4 is 34.1 Å². The summed E-state index contributed by atoms with van der Waals surface area (Å²) in [5, 5.41) is 4.17. The first-order chi connectivity index (χ1) is 14.4. The molecule has 0 spiro atoms. The molecule has 156 valence electrons. The van der Waals surface area contributed by atoms with Gasteiger partial charge in [-0.3, -0.25) is 9.59 Å². The molecule has 1 aliphatic heterocycles. The molecule has 0 bridgehead atoms. The van der Waals surface area contributed by atoms with Crippen LogP contribution in [-0.2, 0) is 16.0 Å². The van der Waals surface area contributed by atoms with Crippen molar-refractivity contribution in [3.05, 3.63) is 60.3 Å². The summed E-state index contributed by atoms with van der Waals surface area (Å²) in [6.45, 7) is 2.39. The quantitative estimate of drug-likeness (QED) is 0.657. The molecule has 1 aliphatic rings. The summed E-state index contributed by atoms with van der Waals surface area (Å²) in [7, 11) is 3.95. The third-order valence-corrected chi connectivity index (χ3v) is 6.13. The highest BCUT2D eigenvalue weighted by atomic mass is 16.2. The highest BCUT2D eigenvalue weighted by Gasteiger charge is 2.47. The molecule has 6 heteroatoms. The van der Waals surface area contributed by atoms with Crippen LogP contribution in [0.3, 0.4) is 0 Å². The number of nitrogens with zero attached hydrogens (tertiary/aromatic N) is 2. The minimum atomic E-state index is -0.844. The van der Waals surface area contributed by atoms with Gasteiger partial charge in [0.05, 0.1) is 0 Å². The van der Waals surface area contributed by atoms with E-state index in [2.05, 4.69) is 16.4 Å². The van der Waals surface area contributed by atoms with E-state index >= 15 is 0 Å². The Bertz CT molecular complexity index is 1070. The maximum absolute atomic E-state index is 13.2. The van der Waals surface area contributed by atoms with Gasteiger partial charge in [0.15, 0.2) is 0 Å². The summed E-state index contributed by atoms with van der Waals surface area (Å²) >= 11 is 0. The van der Waals surface area contributed by atoms with Crippen LogP contribution in [0.15, 0.2) is 54.7 Å². The minimum Gasteiger partial charge on any atom is -0.378 e. The fraction of sp³-hybridized carbons (Fsp3) is 0.333. The zero-order chi connectivity index (χ0) is 21.3. The van der Waals surface area contributed by atoms with E-state index in [1.54, 1.807) is 4.90 Å². The second-order valence-electron chi connectivity index (χ2n) is 8.32. The van der Waals surface area contributed by atoms with Crippen LogP contribution in [0.1, 0.15) is 25.3 Å². The largest absolute Gasteiger partial charge is 0.378 e. The molecule has 0 unspecified atom stereocenters. The second-order valence-corrected chi connectivity index (χ2v) is 8.32. The average Bonchev–Trinajstić information content (AvgIpc) is 3.28. The Kier molecular flexibility index (Phi) is 5.24. The van der Waals surface area contributed by atoms with Gasteiger partial charge in [0.1, 0.15) is 5.54 Å². The number of hydrogen-bond donors (Lipinski definition) is 2. The van der Waals surface area contributed by atoms with Gasteiger partial charge in [-0.15, -0.1) is 0 Å². The number of anilines is 2. The van der Waals surface area contributed by atoms with Crippen molar-refractivity contribution in [2.24, 2.45) is 0 Å². The molecule has 4 rings (SSSR count). The molecule has 1 fully saturated rings. The number of hydrogen-bond acceptors (Lipinski definition) is 3. The van der Waals surface area contributed by atoms with Crippen molar-refractivity contribution in [1.29, 1.82) is 0 Å². The van der Waals surface area contributed by atoms with Crippen LogP contribution in [0, 0.1) is 0 Å². The van der Waals surface area contributed by atoms with Gasteiger partial charge in [0.25, 0.3) is 0 Å². The average molecular weight is 405 g/mol. The van der Waals surface area contributed by atoms with Gasteiger partial charge >= 0.3 is 0 Å². The number of aromatic nitrogens is 1. The molecule has 0 aliphatic carbocycles. The Hall–Kier alpha value is -3.28. The number of carbonyl (C=O) groups excluding carboxylic acids is 2. The van der Waals surface area contributed by atoms with Crippen LogP contribution in [0.25, 0.3) is 10.9 Å². The summed E-state index contributed by atoms with van der Waals surface area (Å²) in [5.74, 6) is -0.0969. The fourth-order valence-electron chi connectivity index (χ4n) is 4.18. The maximum Gasteiger partial charge on any atom is 0.250 e. The van der Waals surface area contributed by atoms with E-state index in [-0.39, 0.29) is 11.8 Å². The lowest BCUT2D eigenvalue weighted by molar-refractivity contribution is -0.137. The molecule has 0 radical (unpaired) electrons.